The monoisotopic (exact) mass is 397 g/mol. The molecule has 0 saturated heterocycles. The maximum atomic E-state index is 13.1. The van der Waals surface area contributed by atoms with Crippen LogP contribution in [0.4, 0.5) is 0 Å². The van der Waals surface area contributed by atoms with Crippen LogP contribution in [-0.2, 0) is 17.6 Å². The lowest BCUT2D eigenvalue weighted by Gasteiger charge is -2.36. The van der Waals surface area contributed by atoms with Gasteiger partial charge < -0.3 is 23.8 Å². The van der Waals surface area contributed by atoms with Gasteiger partial charge in [0.2, 0.25) is 5.91 Å². The fourth-order valence-electron chi connectivity index (χ4n) is 4.08. The van der Waals surface area contributed by atoms with Crippen molar-refractivity contribution in [2.75, 3.05) is 34.0 Å². The lowest BCUT2D eigenvalue weighted by molar-refractivity contribution is -0.133. The molecule has 0 aliphatic carbocycles. The van der Waals surface area contributed by atoms with E-state index in [4.69, 9.17) is 18.9 Å². The maximum Gasteiger partial charge on any atom is 0.227 e. The summed E-state index contributed by atoms with van der Waals surface area (Å²) in [6.07, 6.45) is 1.97. The lowest BCUT2D eigenvalue weighted by Crippen LogP contribution is -2.39. The molecule has 2 aromatic rings. The van der Waals surface area contributed by atoms with Crippen molar-refractivity contribution in [3.8, 4) is 23.0 Å². The van der Waals surface area contributed by atoms with Crippen LogP contribution in [0.15, 0.2) is 30.3 Å². The van der Waals surface area contributed by atoms with Crippen LogP contribution in [0.2, 0.25) is 0 Å². The average Bonchev–Trinajstić information content (AvgIpc) is 2.98. The summed E-state index contributed by atoms with van der Waals surface area (Å²) in [6.45, 7) is 4.09. The van der Waals surface area contributed by atoms with Crippen LogP contribution in [0.5, 0.6) is 23.0 Å². The van der Waals surface area contributed by atoms with Gasteiger partial charge in [0, 0.05) is 24.6 Å². The van der Waals surface area contributed by atoms with Crippen LogP contribution < -0.4 is 18.9 Å². The van der Waals surface area contributed by atoms with Crippen molar-refractivity contribution in [3.05, 3.63) is 47.0 Å². The Hall–Kier alpha value is -2.89. The second kappa shape index (κ2) is 8.23. The van der Waals surface area contributed by atoms with Crippen LogP contribution in [0, 0.1) is 0 Å². The fraction of sp³-hybridized carbons (Fsp3) is 0.435. The number of amides is 1. The Kier molecular flexibility index (Phi) is 5.51. The van der Waals surface area contributed by atoms with Gasteiger partial charge in [0.1, 0.15) is 11.5 Å². The van der Waals surface area contributed by atoms with Crippen molar-refractivity contribution in [1.29, 1.82) is 0 Å². The van der Waals surface area contributed by atoms with Gasteiger partial charge >= 0.3 is 0 Å². The number of hydrogen-bond acceptors (Lipinski definition) is 5. The molecule has 2 aliphatic heterocycles. The van der Waals surface area contributed by atoms with Gasteiger partial charge in [-0.15, -0.1) is 0 Å². The van der Waals surface area contributed by atoms with E-state index >= 15 is 0 Å². The van der Waals surface area contributed by atoms with E-state index in [0.717, 1.165) is 35.5 Å². The second-order valence-electron chi connectivity index (χ2n) is 7.42. The number of fused-ring (bicyclic) bond motifs is 2. The van der Waals surface area contributed by atoms with Gasteiger partial charge in [-0.2, -0.15) is 0 Å². The van der Waals surface area contributed by atoms with Crippen LogP contribution in [0.25, 0.3) is 0 Å². The van der Waals surface area contributed by atoms with E-state index in [1.807, 2.05) is 29.2 Å². The van der Waals surface area contributed by atoms with E-state index in [1.165, 1.54) is 5.56 Å². The number of rotatable bonds is 4. The molecule has 29 heavy (non-hydrogen) atoms. The first-order valence-corrected chi connectivity index (χ1v) is 10.0. The summed E-state index contributed by atoms with van der Waals surface area (Å²) in [4.78, 5) is 15.1. The molecule has 0 aromatic heterocycles. The van der Waals surface area contributed by atoms with E-state index in [1.54, 1.807) is 14.2 Å². The van der Waals surface area contributed by atoms with Crippen molar-refractivity contribution < 1.29 is 23.7 Å². The summed E-state index contributed by atoms with van der Waals surface area (Å²) >= 11 is 0. The molecule has 1 unspecified atom stereocenters. The molecule has 0 bridgehead atoms. The van der Waals surface area contributed by atoms with Crippen molar-refractivity contribution in [2.24, 2.45) is 0 Å². The van der Waals surface area contributed by atoms with E-state index in [0.29, 0.717) is 31.3 Å². The Morgan fingerprint density at radius 3 is 2.59 bits per heavy atom. The summed E-state index contributed by atoms with van der Waals surface area (Å²) in [5.74, 6) is 3.05. The number of carbonyl (C=O) groups excluding carboxylic acids is 1. The van der Waals surface area contributed by atoms with Crippen LogP contribution in [0.3, 0.4) is 0 Å². The molecule has 154 valence electrons. The van der Waals surface area contributed by atoms with E-state index < -0.39 is 0 Å². The minimum Gasteiger partial charge on any atom is -0.497 e. The van der Waals surface area contributed by atoms with Crippen LogP contribution in [0.1, 0.15) is 36.1 Å². The smallest absolute Gasteiger partial charge is 0.227 e. The summed E-state index contributed by atoms with van der Waals surface area (Å²) in [6, 6.07) is 9.67. The molecule has 6 nitrogen and oxygen atoms in total. The third-order valence-electron chi connectivity index (χ3n) is 5.71. The largest absolute Gasteiger partial charge is 0.497 e. The molecule has 0 spiro atoms. The topological polar surface area (TPSA) is 57.2 Å². The predicted octanol–water partition coefficient (Wildman–Crippen LogP) is 3.55. The number of hydrogen-bond donors (Lipinski definition) is 0. The first-order chi connectivity index (χ1) is 14.1. The Morgan fingerprint density at radius 2 is 1.86 bits per heavy atom. The third-order valence-corrected chi connectivity index (χ3v) is 5.71. The molecular formula is C23H27NO5. The van der Waals surface area contributed by atoms with Crippen molar-refractivity contribution >= 4 is 5.91 Å². The summed E-state index contributed by atoms with van der Waals surface area (Å²) in [7, 11) is 3.22. The maximum absolute atomic E-state index is 13.1. The molecule has 6 heteroatoms. The van der Waals surface area contributed by atoms with Gasteiger partial charge in [-0.05, 0) is 42.7 Å². The zero-order valence-electron chi connectivity index (χ0n) is 17.2. The molecule has 2 heterocycles. The van der Waals surface area contributed by atoms with Gasteiger partial charge in [0.15, 0.2) is 11.5 Å². The minimum absolute atomic E-state index is 0.0207. The Bertz CT molecular complexity index is 910. The van der Waals surface area contributed by atoms with E-state index in [-0.39, 0.29) is 18.4 Å². The van der Waals surface area contributed by atoms with Gasteiger partial charge in [0.25, 0.3) is 0 Å². The van der Waals surface area contributed by atoms with E-state index in [2.05, 4.69) is 13.0 Å². The molecule has 4 rings (SSSR count). The highest BCUT2D eigenvalue weighted by molar-refractivity contribution is 5.80. The zero-order chi connectivity index (χ0) is 20.4. The molecule has 0 N–H and O–H groups in total. The zero-order valence-corrected chi connectivity index (χ0v) is 17.2. The number of ether oxygens (including phenoxy) is 4. The number of nitrogens with zero attached hydrogens (tertiary/aromatic N) is 1. The number of carbonyl (C=O) groups is 1. The van der Waals surface area contributed by atoms with Gasteiger partial charge in [-0.3, -0.25) is 4.79 Å². The van der Waals surface area contributed by atoms with Crippen molar-refractivity contribution in [3.63, 3.8) is 0 Å². The molecule has 2 aliphatic rings. The number of methoxy groups -OCH3 is 2. The molecule has 0 saturated carbocycles. The van der Waals surface area contributed by atoms with Crippen LogP contribution >= 0.6 is 0 Å². The Balaban J connectivity index is 1.55. The predicted molar refractivity (Wildman–Crippen MR) is 109 cm³/mol. The van der Waals surface area contributed by atoms with Crippen molar-refractivity contribution in [2.45, 2.75) is 32.2 Å². The Labute approximate surface area is 171 Å². The highest BCUT2D eigenvalue weighted by Gasteiger charge is 2.30. The minimum atomic E-state index is -0.0207. The molecule has 1 atom stereocenters. The lowest BCUT2D eigenvalue weighted by atomic mass is 9.92. The molecular weight excluding hydrogens is 370 g/mol. The highest BCUT2D eigenvalue weighted by atomic mass is 16.5. The number of benzene rings is 2. The SMILES string of the molecule is COc1ccc(CC(=O)N2CCc3cc4c(cc3C2C)OCCCO4)c(OC)c1. The average molecular weight is 397 g/mol. The summed E-state index contributed by atoms with van der Waals surface area (Å²) in [5, 5.41) is 0. The molecule has 0 radical (unpaired) electrons. The van der Waals surface area contributed by atoms with E-state index in [9.17, 15) is 4.79 Å². The quantitative estimate of drug-likeness (QED) is 0.790. The molecule has 0 fully saturated rings. The van der Waals surface area contributed by atoms with Gasteiger partial charge in [-0.1, -0.05) is 6.07 Å². The second-order valence-corrected chi connectivity index (χ2v) is 7.42. The third kappa shape index (κ3) is 3.84. The fourth-order valence-corrected chi connectivity index (χ4v) is 4.08. The summed E-state index contributed by atoms with van der Waals surface area (Å²) in [5.41, 5.74) is 3.22. The van der Waals surface area contributed by atoms with Crippen LogP contribution in [-0.4, -0.2) is 44.8 Å². The van der Waals surface area contributed by atoms with Gasteiger partial charge in [0.05, 0.1) is 39.9 Å². The first-order valence-electron chi connectivity index (χ1n) is 10.0. The standard InChI is InChI=1S/C23H27NO5/c1-15-19-14-22-21(28-9-4-10-29-22)11-16(19)7-8-24(15)23(25)12-17-5-6-18(26-2)13-20(17)27-3/h5-6,11,13-15H,4,7-10,12H2,1-3H3. The summed E-state index contributed by atoms with van der Waals surface area (Å²) < 4.78 is 22.4. The first kappa shape index (κ1) is 19.4. The Morgan fingerprint density at radius 1 is 1.10 bits per heavy atom. The highest BCUT2D eigenvalue weighted by Crippen LogP contribution is 2.39. The molecule has 2 aromatic carbocycles. The van der Waals surface area contributed by atoms with Gasteiger partial charge in [-0.25, -0.2) is 0 Å². The van der Waals surface area contributed by atoms with Crippen molar-refractivity contribution in [1.82, 2.24) is 4.90 Å². The molecule has 1 amide bonds. The normalized spacial score (nSPS) is 17.9.